The molecule has 0 aliphatic heterocycles. The van der Waals surface area contributed by atoms with E-state index in [4.69, 9.17) is 0 Å². The van der Waals surface area contributed by atoms with Gasteiger partial charge in [-0.25, -0.2) is 9.97 Å². The molecule has 4 nitrogen and oxygen atoms in total. The lowest BCUT2D eigenvalue weighted by Crippen LogP contribution is -2.52. The van der Waals surface area contributed by atoms with Gasteiger partial charge in [0.05, 0.1) is 11.7 Å². The van der Waals surface area contributed by atoms with E-state index in [9.17, 15) is 10.4 Å². The third-order valence-corrected chi connectivity index (χ3v) is 3.35. The minimum absolute atomic E-state index is 0.381. The van der Waals surface area contributed by atoms with Crippen molar-refractivity contribution in [2.45, 2.75) is 50.5 Å². The first-order chi connectivity index (χ1) is 7.88. The van der Waals surface area contributed by atoms with Crippen molar-refractivity contribution >= 4 is 0 Å². The van der Waals surface area contributed by atoms with Crippen LogP contribution in [0.25, 0.3) is 0 Å². The van der Waals surface area contributed by atoms with E-state index in [-0.39, 0.29) is 0 Å². The Morgan fingerprint density at radius 3 is 2.24 bits per heavy atom. The van der Waals surface area contributed by atoms with Crippen molar-refractivity contribution in [1.29, 1.82) is 5.26 Å². The summed E-state index contributed by atoms with van der Waals surface area (Å²) in [6, 6.07) is 2.25. The minimum atomic E-state index is -0.754. The third-order valence-electron chi connectivity index (χ3n) is 3.35. The topological polar surface area (TPSA) is 69.8 Å². The summed E-state index contributed by atoms with van der Waals surface area (Å²) in [6.45, 7) is 5.89. The van der Waals surface area contributed by atoms with E-state index in [0.29, 0.717) is 24.6 Å². The molecule has 1 fully saturated rings. The largest absolute Gasteiger partial charge is 0.390 e. The van der Waals surface area contributed by atoms with Crippen LogP contribution in [0.1, 0.15) is 50.9 Å². The van der Waals surface area contributed by atoms with Crippen molar-refractivity contribution in [2.24, 2.45) is 0 Å². The highest BCUT2D eigenvalue weighted by molar-refractivity contribution is 5.30. The van der Waals surface area contributed by atoms with Gasteiger partial charge in [-0.15, -0.1) is 0 Å². The molecule has 0 atom stereocenters. The van der Waals surface area contributed by atoms with E-state index >= 15 is 0 Å². The molecule has 1 aromatic rings. The van der Waals surface area contributed by atoms with E-state index in [2.05, 4.69) is 29.9 Å². The van der Waals surface area contributed by atoms with Crippen LogP contribution < -0.4 is 0 Å². The molecule has 0 spiro atoms. The Labute approximate surface area is 101 Å². The Hall–Kier alpha value is -1.47. The van der Waals surface area contributed by atoms with Gasteiger partial charge in [0.15, 0.2) is 0 Å². The summed E-state index contributed by atoms with van der Waals surface area (Å²) in [4.78, 5) is 8.57. The van der Waals surface area contributed by atoms with E-state index < -0.39 is 11.0 Å². The molecule has 1 aromatic heterocycles. The van der Waals surface area contributed by atoms with Gasteiger partial charge in [0.1, 0.15) is 11.2 Å². The summed E-state index contributed by atoms with van der Waals surface area (Å²) < 4.78 is 0. The number of hydrogen-bond donors (Lipinski definition) is 1. The molecule has 0 radical (unpaired) electrons. The van der Waals surface area contributed by atoms with Crippen molar-refractivity contribution in [1.82, 2.24) is 9.97 Å². The fourth-order valence-corrected chi connectivity index (χ4v) is 2.42. The van der Waals surface area contributed by atoms with E-state index in [1.54, 1.807) is 19.3 Å². The monoisotopic (exact) mass is 231 g/mol. The number of hydrogen-bond acceptors (Lipinski definition) is 4. The van der Waals surface area contributed by atoms with E-state index in [1.165, 1.54) is 0 Å². The van der Waals surface area contributed by atoms with Gasteiger partial charge >= 0.3 is 0 Å². The van der Waals surface area contributed by atoms with Crippen LogP contribution in [-0.4, -0.2) is 20.7 Å². The van der Waals surface area contributed by atoms with Gasteiger partial charge in [0, 0.05) is 25.2 Å². The molecule has 17 heavy (non-hydrogen) atoms. The average molecular weight is 231 g/mol. The van der Waals surface area contributed by atoms with Gasteiger partial charge in [0.25, 0.3) is 0 Å². The second-order valence-corrected chi connectivity index (χ2v) is 5.54. The normalized spacial score (nSPS) is 32.0. The molecular formula is C13H17N3O. The molecule has 1 heterocycles. The predicted molar refractivity (Wildman–Crippen MR) is 63.3 cm³/mol. The Morgan fingerprint density at radius 2 is 1.88 bits per heavy atom. The van der Waals surface area contributed by atoms with Crippen LogP contribution in [0.3, 0.4) is 0 Å². The summed E-state index contributed by atoms with van der Waals surface area (Å²) >= 11 is 0. The number of aliphatic hydroxyl groups is 1. The van der Waals surface area contributed by atoms with Gasteiger partial charge in [-0.3, -0.25) is 0 Å². The maximum atomic E-state index is 9.78. The van der Waals surface area contributed by atoms with Crippen LogP contribution in [-0.2, 0) is 5.41 Å². The first-order valence-electron chi connectivity index (χ1n) is 5.85. The minimum Gasteiger partial charge on any atom is -0.390 e. The van der Waals surface area contributed by atoms with Crippen LogP contribution in [0, 0.1) is 11.3 Å². The van der Waals surface area contributed by atoms with Crippen molar-refractivity contribution in [3.63, 3.8) is 0 Å². The van der Waals surface area contributed by atoms with Crippen molar-refractivity contribution in [2.75, 3.05) is 0 Å². The van der Waals surface area contributed by atoms with Gasteiger partial charge in [-0.1, -0.05) is 13.8 Å². The van der Waals surface area contributed by atoms with Crippen LogP contribution in [0.15, 0.2) is 12.4 Å². The first kappa shape index (κ1) is 12.0. The molecule has 0 aromatic carbocycles. The van der Waals surface area contributed by atoms with Crippen LogP contribution in [0.2, 0.25) is 0 Å². The van der Waals surface area contributed by atoms with Crippen molar-refractivity contribution in [3.8, 4) is 6.07 Å². The van der Waals surface area contributed by atoms with Gasteiger partial charge in [0.2, 0.25) is 0 Å². The molecule has 1 N–H and O–H groups in total. The number of nitrogens with zero attached hydrogens (tertiary/aromatic N) is 3. The Morgan fingerprint density at radius 1 is 1.35 bits per heavy atom. The van der Waals surface area contributed by atoms with Crippen molar-refractivity contribution < 1.29 is 5.11 Å². The second kappa shape index (κ2) is 3.78. The molecular weight excluding hydrogens is 214 g/mol. The third kappa shape index (κ3) is 2.03. The maximum Gasteiger partial charge on any atom is 0.148 e. The Balaban J connectivity index is 2.26. The summed E-state index contributed by atoms with van der Waals surface area (Å²) in [6.07, 6.45) is 4.38. The Kier molecular flexibility index (Phi) is 2.67. The van der Waals surface area contributed by atoms with Gasteiger partial charge in [-0.05, 0) is 18.4 Å². The molecule has 2 rings (SSSR count). The molecule has 0 saturated heterocycles. The fourth-order valence-electron chi connectivity index (χ4n) is 2.42. The zero-order valence-electron chi connectivity index (χ0n) is 10.4. The highest BCUT2D eigenvalue weighted by Gasteiger charge is 2.54. The SMILES string of the molecule is CC(C)c1cnc(C2(C#N)CC(C)(O)C2)nc1. The number of rotatable bonds is 2. The average Bonchev–Trinajstić information content (AvgIpc) is 2.25. The van der Waals surface area contributed by atoms with Crippen LogP contribution in [0.4, 0.5) is 0 Å². The van der Waals surface area contributed by atoms with E-state index in [1.807, 2.05) is 0 Å². The van der Waals surface area contributed by atoms with Crippen LogP contribution in [0.5, 0.6) is 0 Å². The molecule has 1 aliphatic rings. The zero-order chi connectivity index (χ0) is 12.7. The molecule has 4 heteroatoms. The van der Waals surface area contributed by atoms with Crippen molar-refractivity contribution in [3.05, 3.63) is 23.8 Å². The molecule has 0 unspecified atom stereocenters. The second-order valence-electron chi connectivity index (χ2n) is 5.54. The zero-order valence-corrected chi connectivity index (χ0v) is 10.4. The highest BCUT2D eigenvalue weighted by Crippen LogP contribution is 2.48. The number of aromatic nitrogens is 2. The molecule has 1 aliphatic carbocycles. The smallest absolute Gasteiger partial charge is 0.148 e. The lowest BCUT2D eigenvalue weighted by Gasteiger charge is -2.46. The first-order valence-corrected chi connectivity index (χ1v) is 5.85. The molecule has 0 amide bonds. The summed E-state index contributed by atoms with van der Waals surface area (Å²) in [5.41, 5.74) is -0.387. The predicted octanol–water partition coefficient (Wildman–Crippen LogP) is 1.91. The molecule has 0 bridgehead atoms. The Bertz CT molecular complexity index is 449. The number of nitriles is 1. The van der Waals surface area contributed by atoms with Crippen LogP contribution >= 0.6 is 0 Å². The molecule has 90 valence electrons. The van der Waals surface area contributed by atoms with Gasteiger partial charge in [-0.2, -0.15) is 5.26 Å². The highest BCUT2D eigenvalue weighted by atomic mass is 16.3. The maximum absolute atomic E-state index is 9.78. The summed E-state index contributed by atoms with van der Waals surface area (Å²) in [5.74, 6) is 0.919. The molecule has 1 saturated carbocycles. The van der Waals surface area contributed by atoms with E-state index in [0.717, 1.165) is 5.56 Å². The quantitative estimate of drug-likeness (QED) is 0.844. The van der Waals surface area contributed by atoms with Gasteiger partial charge < -0.3 is 5.11 Å². The fraction of sp³-hybridized carbons (Fsp3) is 0.615. The standard InChI is InChI=1S/C13H17N3O/c1-9(2)10-4-15-11(16-5-10)13(8-14)6-12(3,17)7-13/h4-5,9,17H,6-7H2,1-3H3. The summed E-state index contributed by atoms with van der Waals surface area (Å²) in [5, 5.41) is 19.0. The lowest BCUT2D eigenvalue weighted by molar-refractivity contribution is -0.0583. The lowest BCUT2D eigenvalue weighted by atomic mass is 9.60. The summed E-state index contributed by atoms with van der Waals surface area (Å²) in [7, 11) is 0.